The fourth-order valence-electron chi connectivity index (χ4n) is 3.11. The molecule has 1 aliphatic rings. The molecule has 0 saturated heterocycles. The van der Waals surface area contributed by atoms with Crippen molar-refractivity contribution in [1.29, 1.82) is 0 Å². The van der Waals surface area contributed by atoms with Gasteiger partial charge < -0.3 is 15.4 Å². The van der Waals surface area contributed by atoms with Crippen molar-refractivity contribution in [3.8, 4) is 11.4 Å². The van der Waals surface area contributed by atoms with Crippen LogP contribution in [-0.2, 0) is 16.6 Å². The maximum Gasteiger partial charge on any atom is 0.408 e. The summed E-state index contributed by atoms with van der Waals surface area (Å²) in [5.74, 6) is -0.472. The number of rotatable bonds is 1. The molecular formula is C21H27N5O3. The molecule has 0 aliphatic carbocycles. The molecule has 0 saturated carbocycles. The Morgan fingerprint density at radius 2 is 2.14 bits per heavy atom. The molecule has 2 aromatic rings. The molecule has 0 spiro atoms. The van der Waals surface area contributed by atoms with Crippen molar-refractivity contribution in [2.24, 2.45) is 13.0 Å². The highest BCUT2D eigenvalue weighted by Gasteiger charge is 2.23. The van der Waals surface area contributed by atoms with E-state index in [2.05, 4.69) is 20.7 Å². The zero-order valence-corrected chi connectivity index (χ0v) is 17.4. The van der Waals surface area contributed by atoms with Gasteiger partial charge in [0, 0.05) is 13.2 Å². The molecule has 2 aromatic heterocycles. The van der Waals surface area contributed by atoms with Gasteiger partial charge in [0.1, 0.15) is 11.3 Å². The maximum atomic E-state index is 12.5. The molecule has 1 aliphatic heterocycles. The zero-order chi connectivity index (χ0) is 21.2. The highest BCUT2D eigenvalue weighted by molar-refractivity contribution is 5.96. The van der Waals surface area contributed by atoms with E-state index in [1.165, 1.54) is 0 Å². The molecule has 0 radical (unpaired) electrons. The normalized spacial score (nSPS) is 19.4. The minimum absolute atomic E-state index is 0.135. The molecule has 3 heterocycles. The molecule has 2 amide bonds. The van der Waals surface area contributed by atoms with E-state index in [0.717, 1.165) is 5.56 Å². The van der Waals surface area contributed by atoms with Gasteiger partial charge in [0.2, 0.25) is 5.91 Å². The van der Waals surface area contributed by atoms with Crippen molar-refractivity contribution >= 4 is 17.7 Å². The van der Waals surface area contributed by atoms with Gasteiger partial charge in [-0.3, -0.25) is 14.5 Å². The average molecular weight is 397 g/mol. The number of aromatic nitrogens is 3. The van der Waals surface area contributed by atoms with Crippen LogP contribution in [0.4, 0.5) is 10.5 Å². The molecule has 2 atom stereocenters. The van der Waals surface area contributed by atoms with E-state index in [1.54, 1.807) is 24.1 Å². The minimum atomic E-state index is -0.592. The van der Waals surface area contributed by atoms with Crippen molar-refractivity contribution in [3.05, 3.63) is 42.2 Å². The predicted octanol–water partition coefficient (Wildman–Crippen LogP) is 3.58. The lowest BCUT2D eigenvalue weighted by Crippen LogP contribution is -2.35. The Bertz CT molecular complexity index is 942. The summed E-state index contributed by atoms with van der Waals surface area (Å²) in [4.78, 5) is 29.4. The highest BCUT2D eigenvalue weighted by atomic mass is 16.6. The van der Waals surface area contributed by atoms with Gasteiger partial charge in [0.25, 0.3) is 0 Å². The third-order valence-electron chi connectivity index (χ3n) is 4.53. The van der Waals surface area contributed by atoms with Crippen molar-refractivity contribution in [1.82, 2.24) is 20.1 Å². The van der Waals surface area contributed by atoms with Crippen molar-refractivity contribution in [2.75, 3.05) is 5.32 Å². The van der Waals surface area contributed by atoms with Gasteiger partial charge in [-0.25, -0.2) is 4.79 Å². The van der Waals surface area contributed by atoms with Crippen molar-refractivity contribution in [3.63, 3.8) is 0 Å². The van der Waals surface area contributed by atoms with Crippen LogP contribution in [0.2, 0.25) is 0 Å². The van der Waals surface area contributed by atoms with Gasteiger partial charge in [-0.2, -0.15) is 5.10 Å². The number of ether oxygens (including phenoxy) is 1. The first kappa shape index (κ1) is 20.6. The van der Waals surface area contributed by atoms with Crippen LogP contribution in [0.25, 0.3) is 11.4 Å². The van der Waals surface area contributed by atoms with Crippen LogP contribution in [-0.4, -0.2) is 32.4 Å². The number of pyridine rings is 1. The number of hydrogen-bond donors (Lipinski definition) is 2. The number of aryl methyl sites for hydroxylation is 1. The Labute approximate surface area is 170 Å². The second kappa shape index (κ2) is 8.06. The van der Waals surface area contributed by atoms with Gasteiger partial charge in [-0.05, 0) is 44.9 Å². The smallest absolute Gasteiger partial charge is 0.408 e. The first-order valence-corrected chi connectivity index (χ1v) is 9.59. The second-order valence-electron chi connectivity index (χ2n) is 8.15. The van der Waals surface area contributed by atoms with E-state index in [0.29, 0.717) is 23.5 Å². The van der Waals surface area contributed by atoms with E-state index < -0.39 is 11.7 Å². The fraction of sp³-hybridized carbons (Fsp3) is 0.429. The standard InChI is InChI=1S/C21H27N5O3/c1-13-7-6-8-15(25-20(28)29-21(2,3)4)14-9-10-22-16(11-14)18-17(24-19(13)27)12-23-26(18)5/h6-7,9-13,15H,8H2,1-5H3,(H,24,27)(H,25,28)/t13-,15+/m1/s1. The SMILES string of the molecule is C[C@@H]1C=CC[C@H](NC(=O)OC(C)(C)C)c2ccnc(c2)-c2c(cnn2C)NC1=O. The summed E-state index contributed by atoms with van der Waals surface area (Å²) in [5, 5.41) is 10.1. The summed E-state index contributed by atoms with van der Waals surface area (Å²) >= 11 is 0. The number of amides is 2. The number of fused-ring (bicyclic) bond motifs is 4. The number of hydrogen-bond acceptors (Lipinski definition) is 5. The van der Waals surface area contributed by atoms with Crippen LogP contribution in [0.15, 0.2) is 36.7 Å². The molecule has 8 nitrogen and oxygen atoms in total. The highest BCUT2D eigenvalue weighted by Crippen LogP contribution is 2.29. The summed E-state index contributed by atoms with van der Waals surface area (Å²) in [6.45, 7) is 7.29. The van der Waals surface area contributed by atoms with Gasteiger partial charge in [0.15, 0.2) is 0 Å². The lowest BCUT2D eigenvalue weighted by Gasteiger charge is -2.24. The molecular weight excluding hydrogens is 370 g/mol. The summed E-state index contributed by atoms with van der Waals surface area (Å²) in [6.07, 6.45) is 7.05. The van der Waals surface area contributed by atoms with E-state index in [-0.39, 0.29) is 17.9 Å². The van der Waals surface area contributed by atoms with Gasteiger partial charge in [-0.15, -0.1) is 0 Å². The van der Waals surface area contributed by atoms with Crippen LogP contribution < -0.4 is 10.6 Å². The van der Waals surface area contributed by atoms with Crippen LogP contribution in [0.3, 0.4) is 0 Å². The first-order valence-electron chi connectivity index (χ1n) is 9.59. The zero-order valence-electron chi connectivity index (χ0n) is 17.4. The fourth-order valence-corrected chi connectivity index (χ4v) is 3.11. The first-order chi connectivity index (χ1) is 13.6. The summed E-state index contributed by atoms with van der Waals surface area (Å²) < 4.78 is 7.09. The lowest BCUT2D eigenvalue weighted by molar-refractivity contribution is -0.118. The van der Waals surface area contributed by atoms with Gasteiger partial charge in [-0.1, -0.05) is 19.1 Å². The molecule has 0 fully saturated rings. The quantitative estimate of drug-likeness (QED) is 0.717. The van der Waals surface area contributed by atoms with Crippen LogP contribution in [0, 0.1) is 5.92 Å². The minimum Gasteiger partial charge on any atom is -0.444 e. The molecule has 3 rings (SSSR count). The number of carbonyl (C=O) groups is 2. The van der Waals surface area contributed by atoms with E-state index >= 15 is 0 Å². The summed E-state index contributed by atoms with van der Waals surface area (Å²) in [5.41, 5.74) is 2.25. The Kier molecular flexibility index (Phi) is 5.72. The Hall–Kier alpha value is -3.16. The number of anilines is 1. The predicted molar refractivity (Wildman–Crippen MR) is 110 cm³/mol. The van der Waals surface area contributed by atoms with Gasteiger partial charge in [0.05, 0.1) is 29.5 Å². The maximum absolute atomic E-state index is 12.5. The van der Waals surface area contributed by atoms with Crippen LogP contribution in [0.1, 0.15) is 45.7 Å². The Balaban J connectivity index is 2.02. The monoisotopic (exact) mass is 397 g/mol. The summed E-state index contributed by atoms with van der Waals surface area (Å²) in [6, 6.07) is 3.44. The number of alkyl carbamates (subject to hydrolysis) is 1. The Morgan fingerprint density at radius 1 is 1.38 bits per heavy atom. The Morgan fingerprint density at radius 3 is 2.86 bits per heavy atom. The van der Waals surface area contributed by atoms with Crippen molar-refractivity contribution < 1.29 is 14.3 Å². The van der Waals surface area contributed by atoms with Crippen LogP contribution in [0.5, 0.6) is 0 Å². The summed E-state index contributed by atoms with van der Waals surface area (Å²) in [7, 11) is 1.80. The number of nitrogens with zero attached hydrogens (tertiary/aromatic N) is 3. The third kappa shape index (κ3) is 5.01. The number of carbonyl (C=O) groups excluding carboxylic acids is 2. The van der Waals surface area contributed by atoms with Gasteiger partial charge >= 0.3 is 6.09 Å². The lowest BCUT2D eigenvalue weighted by atomic mass is 10.0. The molecule has 0 unspecified atom stereocenters. The average Bonchev–Trinajstić information content (AvgIpc) is 2.98. The molecule has 0 aromatic carbocycles. The third-order valence-corrected chi connectivity index (χ3v) is 4.53. The van der Waals surface area contributed by atoms with E-state index in [9.17, 15) is 9.59 Å². The number of nitrogens with one attached hydrogen (secondary N) is 2. The molecule has 2 bridgehead atoms. The molecule has 154 valence electrons. The second-order valence-corrected chi connectivity index (χ2v) is 8.15. The van der Waals surface area contributed by atoms with Crippen LogP contribution >= 0.6 is 0 Å². The molecule has 29 heavy (non-hydrogen) atoms. The largest absolute Gasteiger partial charge is 0.444 e. The van der Waals surface area contributed by atoms with E-state index in [1.807, 2.05) is 52.0 Å². The van der Waals surface area contributed by atoms with Crippen molar-refractivity contribution in [2.45, 2.75) is 45.8 Å². The molecule has 8 heteroatoms. The topological polar surface area (TPSA) is 98.1 Å². The molecule has 2 N–H and O–H groups in total. The van der Waals surface area contributed by atoms with E-state index in [4.69, 9.17) is 4.74 Å².